The van der Waals surface area contributed by atoms with Crippen molar-refractivity contribution in [2.75, 3.05) is 7.11 Å². The molecule has 18 heavy (non-hydrogen) atoms. The highest BCUT2D eigenvalue weighted by Gasteiger charge is 2.18. The number of methoxy groups -OCH3 is 1. The van der Waals surface area contributed by atoms with Crippen molar-refractivity contribution in [3.8, 4) is 0 Å². The quantitative estimate of drug-likeness (QED) is 0.398. The predicted octanol–water partition coefficient (Wildman–Crippen LogP) is 1.90. The predicted molar refractivity (Wildman–Crippen MR) is 64.8 cm³/mol. The van der Waals surface area contributed by atoms with Crippen LogP contribution in [0.2, 0.25) is 0 Å². The number of H-pyrrole nitrogens is 1. The smallest absolute Gasteiger partial charge is 0.337 e. The van der Waals surface area contributed by atoms with Crippen molar-refractivity contribution >= 4 is 39.5 Å². The molecule has 0 unspecified atom stereocenters. The van der Waals surface area contributed by atoms with E-state index in [2.05, 4.69) is 9.72 Å². The first-order valence-electron chi connectivity index (χ1n) is 4.98. The second-order valence-electron chi connectivity index (χ2n) is 3.56. The molecule has 0 aliphatic heterocycles. The molecule has 1 N–H and O–H groups in total. The fourth-order valence-corrected chi connectivity index (χ4v) is 1.77. The zero-order chi connectivity index (χ0) is 13.3. The van der Waals surface area contributed by atoms with Crippen molar-refractivity contribution in [1.29, 1.82) is 0 Å². The first-order valence-corrected chi connectivity index (χ1v) is 5.36. The van der Waals surface area contributed by atoms with Gasteiger partial charge in [-0.3, -0.25) is 9.59 Å². The number of ketones is 1. The largest absolute Gasteiger partial charge is 0.465 e. The van der Waals surface area contributed by atoms with Crippen molar-refractivity contribution in [3.63, 3.8) is 0 Å². The van der Waals surface area contributed by atoms with Crippen LogP contribution in [-0.4, -0.2) is 29.1 Å². The van der Waals surface area contributed by atoms with Crippen LogP contribution in [0.5, 0.6) is 0 Å². The van der Waals surface area contributed by atoms with Crippen LogP contribution in [0.25, 0.3) is 10.9 Å². The number of Topliss-reactive ketones (excluding diaryl/α,β-unsaturated/α-hetero) is 1. The molecule has 2 rings (SSSR count). The Morgan fingerprint density at radius 3 is 2.61 bits per heavy atom. The number of esters is 1. The molecule has 0 saturated carbocycles. The fraction of sp³-hybridized carbons (Fsp3) is 0.0833. The minimum absolute atomic E-state index is 0.182. The first kappa shape index (κ1) is 12.3. The fourth-order valence-electron chi connectivity index (χ4n) is 1.66. The van der Waals surface area contributed by atoms with E-state index >= 15 is 0 Å². The molecular formula is C12H8ClNO4. The molecule has 0 aliphatic rings. The summed E-state index contributed by atoms with van der Waals surface area (Å²) in [7, 11) is 1.28. The molecule has 0 spiro atoms. The molecule has 0 radical (unpaired) electrons. The molecule has 1 heterocycles. The summed E-state index contributed by atoms with van der Waals surface area (Å²) in [5.41, 5.74) is 1.09. The summed E-state index contributed by atoms with van der Waals surface area (Å²) in [5, 5.41) is -0.519. The molecular weight excluding hydrogens is 258 g/mol. The summed E-state index contributed by atoms with van der Waals surface area (Å²) in [5.74, 6) is -1.26. The number of aromatic nitrogens is 1. The van der Waals surface area contributed by atoms with Gasteiger partial charge in [-0.25, -0.2) is 4.79 Å². The Hall–Kier alpha value is -2.14. The van der Waals surface area contributed by atoms with Crippen molar-refractivity contribution in [1.82, 2.24) is 4.98 Å². The number of nitrogens with one attached hydrogen (secondary N) is 1. The number of halogens is 1. The van der Waals surface area contributed by atoms with E-state index in [0.717, 1.165) is 0 Å². The summed E-state index contributed by atoms with van der Waals surface area (Å²) in [6.45, 7) is 0. The standard InChI is InChI=1S/C12H8ClNO4/c1-18-12(17)6-2-3-7-8(10(15)11(13)16)5-14-9(7)4-6/h2-5,14H,1H3. The van der Waals surface area contributed by atoms with Crippen molar-refractivity contribution in [3.05, 3.63) is 35.5 Å². The minimum atomic E-state index is -1.05. The molecule has 1 aromatic heterocycles. The van der Waals surface area contributed by atoms with Gasteiger partial charge in [0.1, 0.15) is 0 Å². The SMILES string of the molecule is COC(=O)c1ccc2c(C(=O)C(=O)Cl)c[nH]c2c1. The van der Waals surface area contributed by atoms with Gasteiger partial charge in [-0.2, -0.15) is 0 Å². The number of aromatic amines is 1. The highest BCUT2D eigenvalue weighted by Crippen LogP contribution is 2.21. The van der Waals surface area contributed by atoms with Gasteiger partial charge in [-0.15, -0.1) is 0 Å². The number of fused-ring (bicyclic) bond motifs is 1. The third-order valence-corrected chi connectivity index (χ3v) is 2.70. The monoisotopic (exact) mass is 265 g/mol. The molecule has 0 atom stereocenters. The maximum absolute atomic E-state index is 11.5. The zero-order valence-corrected chi connectivity index (χ0v) is 10.1. The second kappa shape index (κ2) is 4.62. The number of carbonyl (C=O) groups excluding carboxylic acids is 3. The molecule has 0 fully saturated rings. The molecule has 2 aromatic rings. The topological polar surface area (TPSA) is 76.2 Å². The van der Waals surface area contributed by atoms with E-state index in [-0.39, 0.29) is 5.56 Å². The highest BCUT2D eigenvalue weighted by molar-refractivity contribution is 6.83. The molecule has 0 saturated heterocycles. The van der Waals surface area contributed by atoms with Crippen molar-refractivity contribution in [2.24, 2.45) is 0 Å². The van der Waals surface area contributed by atoms with E-state index in [0.29, 0.717) is 16.5 Å². The number of hydrogen-bond acceptors (Lipinski definition) is 4. The average Bonchev–Trinajstić information content (AvgIpc) is 2.79. The normalized spacial score (nSPS) is 10.3. The first-order chi connectivity index (χ1) is 8.54. The van der Waals surface area contributed by atoms with Crippen LogP contribution in [0.1, 0.15) is 20.7 Å². The third kappa shape index (κ3) is 2.00. The molecule has 0 aliphatic carbocycles. The van der Waals surface area contributed by atoms with Crippen LogP contribution in [0.4, 0.5) is 0 Å². The average molecular weight is 266 g/mol. The highest BCUT2D eigenvalue weighted by atomic mass is 35.5. The van der Waals surface area contributed by atoms with E-state index in [1.165, 1.54) is 25.4 Å². The van der Waals surface area contributed by atoms with E-state index in [1.54, 1.807) is 6.07 Å². The van der Waals surface area contributed by atoms with Crippen LogP contribution in [0.3, 0.4) is 0 Å². The minimum Gasteiger partial charge on any atom is -0.465 e. The van der Waals surface area contributed by atoms with Gasteiger partial charge < -0.3 is 9.72 Å². The van der Waals surface area contributed by atoms with Gasteiger partial charge in [0.2, 0.25) is 5.78 Å². The van der Waals surface area contributed by atoms with Gasteiger partial charge in [-0.1, -0.05) is 6.07 Å². The Morgan fingerprint density at radius 1 is 1.28 bits per heavy atom. The summed E-state index contributed by atoms with van der Waals surface area (Å²) in [4.78, 5) is 36.5. The van der Waals surface area contributed by atoms with Gasteiger partial charge in [-0.05, 0) is 23.7 Å². The van der Waals surface area contributed by atoms with Gasteiger partial charge in [0.05, 0.1) is 18.2 Å². The summed E-state index contributed by atoms with van der Waals surface area (Å²) in [6, 6.07) is 4.61. The Labute approximate surface area is 107 Å². The molecule has 1 aromatic carbocycles. The lowest BCUT2D eigenvalue weighted by Crippen LogP contribution is -2.06. The second-order valence-corrected chi connectivity index (χ2v) is 3.90. The van der Waals surface area contributed by atoms with Crippen molar-refractivity contribution < 1.29 is 19.1 Å². The summed E-state index contributed by atoms with van der Waals surface area (Å²) >= 11 is 5.15. The van der Waals surface area contributed by atoms with E-state index < -0.39 is 17.0 Å². The number of hydrogen-bond donors (Lipinski definition) is 1. The number of ether oxygens (including phenoxy) is 1. The van der Waals surface area contributed by atoms with E-state index in [1.807, 2.05) is 0 Å². The molecule has 0 bridgehead atoms. The van der Waals surface area contributed by atoms with Gasteiger partial charge in [0, 0.05) is 17.1 Å². The van der Waals surface area contributed by atoms with Crippen LogP contribution >= 0.6 is 11.6 Å². The number of benzene rings is 1. The third-order valence-electron chi connectivity index (χ3n) is 2.53. The van der Waals surface area contributed by atoms with Crippen LogP contribution in [0.15, 0.2) is 24.4 Å². The van der Waals surface area contributed by atoms with E-state index in [4.69, 9.17) is 11.6 Å². The summed E-state index contributed by atoms with van der Waals surface area (Å²) < 4.78 is 4.58. The van der Waals surface area contributed by atoms with Crippen LogP contribution in [-0.2, 0) is 9.53 Å². The van der Waals surface area contributed by atoms with Gasteiger partial charge >= 0.3 is 5.97 Å². The molecule has 0 amide bonds. The molecule has 92 valence electrons. The summed E-state index contributed by atoms with van der Waals surface area (Å²) in [6.07, 6.45) is 1.38. The maximum atomic E-state index is 11.5. The van der Waals surface area contributed by atoms with Crippen LogP contribution < -0.4 is 0 Å². The Balaban J connectivity index is 2.53. The molecule has 6 heteroatoms. The zero-order valence-electron chi connectivity index (χ0n) is 9.32. The van der Waals surface area contributed by atoms with Crippen LogP contribution in [0, 0.1) is 0 Å². The van der Waals surface area contributed by atoms with Crippen molar-refractivity contribution in [2.45, 2.75) is 0 Å². The van der Waals surface area contributed by atoms with Gasteiger partial charge in [0.15, 0.2) is 0 Å². The number of rotatable bonds is 3. The van der Waals surface area contributed by atoms with E-state index in [9.17, 15) is 14.4 Å². The lowest BCUT2D eigenvalue weighted by atomic mass is 10.1. The Kier molecular flexibility index (Phi) is 3.16. The Morgan fingerprint density at radius 2 is 2.00 bits per heavy atom. The lowest BCUT2D eigenvalue weighted by Gasteiger charge is -1.99. The molecule has 5 nitrogen and oxygen atoms in total. The lowest BCUT2D eigenvalue weighted by molar-refractivity contribution is -0.108. The number of carbonyl (C=O) groups is 3. The Bertz CT molecular complexity index is 659. The maximum Gasteiger partial charge on any atom is 0.337 e. The van der Waals surface area contributed by atoms with Gasteiger partial charge in [0.25, 0.3) is 5.24 Å².